The summed E-state index contributed by atoms with van der Waals surface area (Å²) in [6.07, 6.45) is 2.47. The molecule has 5 heteroatoms. The minimum atomic E-state index is -0.650. The topological polar surface area (TPSA) is 48.1 Å². The lowest BCUT2D eigenvalue weighted by Crippen LogP contribution is -2.39. The summed E-state index contributed by atoms with van der Waals surface area (Å²) in [5, 5.41) is 0. The molecule has 1 unspecified atom stereocenters. The first kappa shape index (κ1) is 15.9. The quantitative estimate of drug-likeness (QED) is 0.890. The van der Waals surface area contributed by atoms with Crippen LogP contribution < -0.4 is 10.5 Å². The Morgan fingerprint density at radius 3 is 2.67 bits per heavy atom. The van der Waals surface area contributed by atoms with E-state index in [9.17, 15) is 4.39 Å². The Kier molecular flexibility index (Phi) is 4.96. The molecule has 1 aromatic carbocycles. The average Bonchev–Trinajstić information content (AvgIpc) is 2.50. The maximum Gasteiger partial charge on any atom is 0.141 e. The van der Waals surface area contributed by atoms with Crippen LogP contribution in [0.25, 0.3) is 0 Å². The van der Waals surface area contributed by atoms with Crippen LogP contribution in [0.4, 0.5) is 4.39 Å². The second-order valence-corrected chi connectivity index (χ2v) is 5.86. The van der Waals surface area contributed by atoms with Crippen molar-refractivity contribution in [1.82, 2.24) is 4.98 Å². The fourth-order valence-electron chi connectivity index (χ4n) is 2.22. The normalized spacial score (nSPS) is 13.8. The first-order valence-electron chi connectivity index (χ1n) is 6.72. The minimum Gasteiger partial charge on any atom is -0.497 e. The fourth-order valence-corrected chi connectivity index (χ4v) is 2.61. The van der Waals surface area contributed by atoms with Crippen molar-refractivity contribution in [3.63, 3.8) is 0 Å². The van der Waals surface area contributed by atoms with E-state index in [2.05, 4.69) is 20.9 Å². The van der Waals surface area contributed by atoms with Crippen LogP contribution >= 0.6 is 15.9 Å². The van der Waals surface area contributed by atoms with E-state index in [1.807, 2.05) is 25.1 Å². The summed E-state index contributed by atoms with van der Waals surface area (Å²) < 4.78 is 19.3. The number of pyridine rings is 1. The van der Waals surface area contributed by atoms with Crippen LogP contribution in [0.15, 0.2) is 41.0 Å². The summed E-state index contributed by atoms with van der Waals surface area (Å²) in [7, 11) is 1.63. The predicted octanol–water partition coefficient (Wildman–Crippen LogP) is 3.80. The first-order valence-corrected chi connectivity index (χ1v) is 7.51. The van der Waals surface area contributed by atoms with E-state index in [1.165, 1.54) is 12.3 Å². The van der Waals surface area contributed by atoms with Crippen molar-refractivity contribution in [2.75, 3.05) is 7.11 Å². The van der Waals surface area contributed by atoms with Crippen LogP contribution in [0.1, 0.15) is 24.6 Å². The molecule has 0 aliphatic heterocycles. The highest BCUT2D eigenvalue weighted by molar-refractivity contribution is 9.10. The number of hydrogen-bond donors (Lipinski definition) is 1. The lowest BCUT2D eigenvalue weighted by molar-refractivity contribution is 0.401. The number of methoxy groups -OCH3 is 1. The molecule has 0 bridgehead atoms. The van der Waals surface area contributed by atoms with Gasteiger partial charge in [0.05, 0.1) is 24.5 Å². The average molecular weight is 353 g/mol. The molecule has 1 aromatic heterocycles. The largest absolute Gasteiger partial charge is 0.497 e. The van der Waals surface area contributed by atoms with Crippen molar-refractivity contribution in [2.45, 2.75) is 25.3 Å². The molecule has 2 N–H and O–H groups in total. The Morgan fingerprint density at radius 1 is 1.33 bits per heavy atom. The SMILES string of the molecule is CCC(N)(Cc1cc(OC)ccc1Br)c1ccc(F)cn1. The highest BCUT2D eigenvalue weighted by Crippen LogP contribution is 2.31. The van der Waals surface area contributed by atoms with Gasteiger partial charge in [0.15, 0.2) is 0 Å². The second-order valence-electron chi connectivity index (χ2n) is 5.01. The number of nitrogens with two attached hydrogens (primary N) is 1. The molecule has 1 heterocycles. The maximum atomic E-state index is 13.0. The summed E-state index contributed by atoms with van der Waals surface area (Å²) in [5.74, 6) is 0.415. The molecule has 0 radical (unpaired) electrons. The van der Waals surface area contributed by atoms with Crippen molar-refractivity contribution >= 4 is 15.9 Å². The molecule has 3 nitrogen and oxygen atoms in total. The Balaban J connectivity index is 2.35. The van der Waals surface area contributed by atoms with Gasteiger partial charge in [0, 0.05) is 4.47 Å². The number of ether oxygens (including phenoxy) is 1. The van der Waals surface area contributed by atoms with E-state index >= 15 is 0 Å². The van der Waals surface area contributed by atoms with Crippen LogP contribution in [0.5, 0.6) is 5.75 Å². The number of aromatic nitrogens is 1. The number of hydrogen-bond acceptors (Lipinski definition) is 3. The van der Waals surface area contributed by atoms with Gasteiger partial charge in [0.1, 0.15) is 11.6 Å². The van der Waals surface area contributed by atoms with Crippen molar-refractivity contribution in [2.24, 2.45) is 5.73 Å². The standard InChI is InChI=1S/C16H18BrFN2O/c1-3-16(19,15-7-4-12(18)10-20-15)9-11-8-13(21-2)5-6-14(11)17/h4-8,10H,3,9,19H2,1-2H3. The van der Waals surface area contributed by atoms with Gasteiger partial charge < -0.3 is 10.5 Å². The van der Waals surface area contributed by atoms with Gasteiger partial charge in [-0.1, -0.05) is 22.9 Å². The van der Waals surface area contributed by atoms with Gasteiger partial charge in [-0.25, -0.2) is 4.39 Å². The molecule has 2 aromatic rings. The van der Waals surface area contributed by atoms with Crippen molar-refractivity contribution < 1.29 is 9.13 Å². The monoisotopic (exact) mass is 352 g/mol. The van der Waals surface area contributed by atoms with Crippen LogP contribution in [0.3, 0.4) is 0 Å². The smallest absolute Gasteiger partial charge is 0.141 e. The molecule has 1 atom stereocenters. The molecule has 0 spiro atoms. The van der Waals surface area contributed by atoms with Gasteiger partial charge in [-0.05, 0) is 48.7 Å². The zero-order chi connectivity index (χ0) is 15.5. The number of nitrogens with zero attached hydrogens (tertiary/aromatic N) is 1. The highest BCUT2D eigenvalue weighted by atomic mass is 79.9. The third-order valence-corrected chi connectivity index (χ3v) is 4.40. The summed E-state index contributed by atoms with van der Waals surface area (Å²) >= 11 is 3.53. The van der Waals surface area contributed by atoms with Gasteiger partial charge >= 0.3 is 0 Å². The molecular formula is C16H18BrFN2O. The molecule has 2 rings (SSSR count). The molecule has 0 amide bonds. The van der Waals surface area contributed by atoms with Gasteiger partial charge in [0.25, 0.3) is 0 Å². The molecule has 0 saturated heterocycles. The van der Waals surface area contributed by atoms with E-state index in [0.29, 0.717) is 18.5 Å². The molecule has 0 saturated carbocycles. The van der Waals surface area contributed by atoms with E-state index < -0.39 is 5.54 Å². The van der Waals surface area contributed by atoms with E-state index in [-0.39, 0.29) is 5.82 Å². The molecule has 0 aliphatic carbocycles. The van der Waals surface area contributed by atoms with E-state index in [4.69, 9.17) is 10.5 Å². The van der Waals surface area contributed by atoms with Gasteiger partial charge in [0.2, 0.25) is 0 Å². The molecular weight excluding hydrogens is 335 g/mol. The Labute approximate surface area is 132 Å². The maximum absolute atomic E-state index is 13.0. The molecule has 0 aliphatic rings. The Bertz CT molecular complexity index is 618. The zero-order valence-corrected chi connectivity index (χ0v) is 13.7. The molecule has 0 fully saturated rings. The zero-order valence-electron chi connectivity index (χ0n) is 12.1. The summed E-state index contributed by atoms with van der Waals surface area (Å²) in [4.78, 5) is 4.14. The van der Waals surface area contributed by atoms with Gasteiger partial charge in [-0.2, -0.15) is 0 Å². The third-order valence-electron chi connectivity index (χ3n) is 3.63. The van der Waals surface area contributed by atoms with Gasteiger partial charge in [-0.15, -0.1) is 0 Å². The highest BCUT2D eigenvalue weighted by Gasteiger charge is 2.28. The Morgan fingerprint density at radius 2 is 2.10 bits per heavy atom. The lowest BCUT2D eigenvalue weighted by Gasteiger charge is -2.28. The summed E-state index contributed by atoms with van der Waals surface area (Å²) in [6.45, 7) is 2.00. The predicted molar refractivity (Wildman–Crippen MR) is 84.7 cm³/mol. The van der Waals surface area contributed by atoms with E-state index in [0.717, 1.165) is 15.8 Å². The van der Waals surface area contributed by atoms with Crippen LogP contribution in [0.2, 0.25) is 0 Å². The first-order chi connectivity index (χ1) is 9.98. The van der Waals surface area contributed by atoms with Crippen LogP contribution in [0, 0.1) is 5.82 Å². The van der Waals surface area contributed by atoms with Crippen LogP contribution in [-0.4, -0.2) is 12.1 Å². The fraction of sp³-hybridized carbons (Fsp3) is 0.312. The number of rotatable bonds is 5. The lowest BCUT2D eigenvalue weighted by atomic mass is 9.85. The number of benzene rings is 1. The summed E-state index contributed by atoms with van der Waals surface area (Å²) in [5.41, 5.74) is 7.58. The van der Waals surface area contributed by atoms with Crippen molar-refractivity contribution in [3.05, 3.63) is 58.1 Å². The molecule has 112 valence electrons. The summed E-state index contributed by atoms with van der Waals surface area (Å²) in [6, 6.07) is 8.80. The third kappa shape index (κ3) is 3.60. The van der Waals surface area contributed by atoms with E-state index in [1.54, 1.807) is 13.2 Å². The second kappa shape index (κ2) is 6.54. The molecule has 21 heavy (non-hydrogen) atoms. The minimum absolute atomic E-state index is 0.361. The van der Waals surface area contributed by atoms with Crippen molar-refractivity contribution in [3.8, 4) is 5.75 Å². The number of halogens is 2. The van der Waals surface area contributed by atoms with Crippen molar-refractivity contribution in [1.29, 1.82) is 0 Å². The van der Waals surface area contributed by atoms with Crippen LogP contribution in [-0.2, 0) is 12.0 Å². The Hall–Kier alpha value is -1.46. The van der Waals surface area contributed by atoms with Gasteiger partial charge in [-0.3, -0.25) is 4.98 Å².